The molecule has 0 aliphatic carbocycles. The fraction of sp³-hybridized carbons (Fsp3) is 0.167. The molecular formula is C18H14F5N5. The van der Waals surface area contributed by atoms with Gasteiger partial charge in [0.15, 0.2) is 11.6 Å². The number of fused-ring (bicyclic) bond motifs is 2. The van der Waals surface area contributed by atoms with Crippen molar-refractivity contribution < 1.29 is 22.0 Å². The molecule has 0 saturated heterocycles. The molecular weight excluding hydrogens is 381 g/mol. The number of halogens is 5. The van der Waals surface area contributed by atoms with E-state index < -0.39 is 23.4 Å². The number of nitrogens with zero attached hydrogens (tertiary/aromatic N) is 2. The Labute approximate surface area is 155 Å². The highest BCUT2D eigenvalue weighted by molar-refractivity contribution is 5.94. The number of anilines is 2. The first-order valence-electron chi connectivity index (χ1n) is 8.34. The maximum absolute atomic E-state index is 13.6. The zero-order valence-corrected chi connectivity index (χ0v) is 14.5. The Balaban J connectivity index is 1.81. The van der Waals surface area contributed by atoms with Crippen LogP contribution >= 0.6 is 0 Å². The number of aromatic nitrogens is 3. The molecule has 0 atom stereocenters. The number of nitrogens with one attached hydrogen (secondary N) is 3. The predicted octanol–water partition coefficient (Wildman–Crippen LogP) is 5.12. The topological polar surface area (TPSA) is 57.7 Å². The standard InChI is InChI=1S/C18H14F5N5/c1-2-25-28-16-4-3-9(18(21,22)23)5-14(16)26-17(28)27-15-8-24-13-7-12(20)11(19)6-10(13)15/h3-8,24-25H,2H2,1H3,(H,26,27). The van der Waals surface area contributed by atoms with Crippen LogP contribution in [0.4, 0.5) is 33.6 Å². The summed E-state index contributed by atoms with van der Waals surface area (Å²) in [5.41, 5.74) is 3.54. The lowest BCUT2D eigenvalue weighted by molar-refractivity contribution is -0.137. The van der Waals surface area contributed by atoms with Crippen LogP contribution in [-0.2, 0) is 6.18 Å². The van der Waals surface area contributed by atoms with Gasteiger partial charge in [-0.1, -0.05) is 0 Å². The third-order valence-corrected chi connectivity index (χ3v) is 4.27. The Bertz CT molecular complexity index is 1170. The molecule has 4 aromatic rings. The minimum atomic E-state index is -4.48. The van der Waals surface area contributed by atoms with Crippen LogP contribution in [0.15, 0.2) is 36.5 Å². The van der Waals surface area contributed by atoms with Crippen molar-refractivity contribution in [2.45, 2.75) is 13.1 Å². The molecule has 28 heavy (non-hydrogen) atoms. The molecule has 2 aromatic heterocycles. The summed E-state index contributed by atoms with van der Waals surface area (Å²) in [6, 6.07) is 5.32. The van der Waals surface area contributed by atoms with Crippen LogP contribution in [0.5, 0.6) is 0 Å². The fourth-order valence-corrected chi connectivity index (χ4v) is 3.00. The minimum absolute atomic E-state index is 0.135. The van der Waals surface area contributed by atoms with Crippen molar-refractivity contribution in [1.29, 1.82) is 0 Å². The second-order valence-electron chi connectivity index (χ2n) is 6.12. The number of H-pyrrole nitrogens is 1. The van der Waals surface area contributed by atoms with E-state index in [0.29, 0.717) is 28.7 Å². The summed E-state index contributed by atoms with van der Waals surface area (Å²) in [4.78, 5) is 7.05. The maximum Gasteiger partial charge on any atom is 0.416 e. The quantitative estimate of drug-likeness (QED) is 0.421. The van der Waals surface area contributed by atoms with E-state index in [4.69, 9.17) is 0 Å². The smallest absolute Gasteiger partial charge is 0.359 e. The normalized spacial score (nSPS) is 12.1. The van der Waals surface area contributed by atoms with E-state index in [9.17, 15) is 22.0 Å². The van der Waals surface area contributed by atoms with Crippen molar-refractivity contribution >= 4 is 33.6 Å². The molecule has 10 heteroatoms. The molecule has 0 unspecified atom stereocenters. The molecule has 0 radical (unpaired) electrons. The van der Waals surface area contributed by atoms with E-state index in [2.05, 4.69) is 20.7 Å². The Morgan fingerprint density at radius 1 is 1.11 bits per heavy atom. The van der Waals surface area contributed by atoms with Gasteiger partial charge >= 0.3 is 6.18 Å². The second kappa shape index (κ2) is 6.39. The molecule has 4 rings (SSSR count). The number of alkyl halides is 3. The highest BCUT2D eigenvalue weighted by Crippen LogP contribution is 2.33. The van der Waals surface area contributed by atoms with Crippen LogP contribution in [0.25, 0.3) is 21.9 Å². The van der Waals surface area contributed by atoms with E-state index in [-0.39, 0.29) is 11.5 Å². The number of hydrogen-bond donors (Lipinski definition) is 3. The number of hydrogen-bond acceptors (Lipinski definition) is 3. The van der Waals surface area contributed by atoms with Gasteiger partial charge in [0.1, 0.15) is 0 Å². The molecule has 0 spiro atoms. The number of imidazole rings is 1. The summed E-state index contributed by atoms with van der Waals surface area (Å²) in [7, 11) is 0. The molecule has 5 nitrogen and oxygen atoms in total. The zero-order chi connectivity index (χ0) is 20.1. The first kappa shape index (κ1) is 18.1. The predicted molar refractivity (Wildman–Crippen MR) is 96.1 cm³/mol. The van der Waals surface area contributed by atoms with E-state index in [1.165, 1.54) is 16.9 Å². The second-order valence-corrected chi connectivity index (χ2v) is 6.12. The monoisotopic (exact) mass is 395 g/mol. The van der Waals surface area contributed by atoms with Crippen LogP contribution < -0.4 is 10.7 Å². The molecule has 0 bridgehead atoms. The first-order valence-corrected chi connectivity index (χ1v) is 8.34. The average Bonchev–Trinajstić information content (AvgIpc) is 3.17. The molecule has 0 amide bonds. The molecule has 2 aromatic carbocycles. The lowest BCUT2D eigenvalue weighted by atomic mass is 10.2. The van der Waals surface area contributed by atoms with E-state index >= 15 is 0 Å². The van der Waals surface area contributed by atoms with Gasteiger partial charge < -0.3 is 15.7 Å². The summed E-state index contributed by atoms with van der Waals surface area (Å²) in [5.74, 6) is -1.78. The van der Waals surface area contributed by atoms with E-state index in [0.717, 1.165) is 24.3 Å². The first-order chi connectivity index (χ1) is 13.3. The average molecular weight is 395 g/mol. The Morgan fingerprint density at radius 3 is 2.57 bits per heavy atom. The third-order valence-electron chi connectivity index (χ3n) is 4.27. The molecule has 146 valence electrons. The van der Waals surface area contributed by atoms with Gasteiger partial charge in [-0.15, -0.1) is 0 Å². The number of aromatic amines is 1. The van der Waals surface area contributed by atoms with Crippen molar-refractivity contribution in [3.63, 3.8) is 0 Å². The van der Waals surface area contributed by atoms with Gasteiger partial charge in [-0.05, 0) is 31.2 Å². The van der Waals surface area contributed by atoms with Gasteiger partial charge in [-0.25, -0.2) is 18.4 Å². The molecule has 0 saturated carbocycles. The summed E-state index contributed by atoms with van der Waals surface area (Å²) in [6.07, 6.45) is -2.98. The van der Waals surface area contributed by atoms with Crippen molar-refractivity contribution in [1.82, 2.24) is 14.6 Å². The molecule has 0 fully saturated rings. The highest BCUT2D eigenvalue weighted by Gasteiger charge is 2.31. The Morgan fingerprint density at radius 2 is 1.86 bits per heavy atom. The summed E-state index contributed by atoms with van der Waals surface area (Å²) < 4.78 is 67.5. The van der Waals surface area contributed by atoms with Gasteiger partial charge in [-0.2, -0.15) is 13.2 Å². The Kier molecular flexibility index (Phi) is 4.13. The lowest BCUT2D eigenvalue weighted by Crippen LogP contribution is -2.16. The number of benzene rings is 2. The van der Waals surface area contributed by atoms with Crippen LogP contribution in [0, 0.1) is 11.6 Å². The highest BCUT2D eigenvalue weighted by atomic mass is 19.4. The molecule has 0 aliphatic heterocycles. The van der Waals surface area contributed by atoms with Crippen LogP contribution in [-0.4, -0.2) is 21.2 Å². The molecule has 0 aliphatic rings. The summed E-state index contributed by atoms with van der Waals surface area (Å²) >= 11 is 0. The van der Waals surface area contributed by atoms with Gasteiger partial charge in [0.05, 0.1) is 27.8 Å². The van der Waals surface area contributed by atoms with Gasteiger partial charge in [-0.3, -0.25) is 0 Å². The lowest BCUT2D eigenvalue weighted by Gasteiger charge is -2.11. The van der Waals surface area contributed by atoms with Crippen molar-refractivity contribution in [2.24, 2.45) is 0 Å². The molecule has 2 heterocycles. The zero-order valence-electron chi connectivity index (χ0n) is 14.5. The van der Waals surface area contributed by atoms with Crippen LogP contribution in [0.1, 0.15) is 12.5 Å². The summed E-state index contributed by atoms with van der Waals surface area (Å²) in [5, 5.41) is 3.34. The van der Waals surface area contributed by atoms with Crippen molar-refractivity contribution in [2.75, 3.05) is 17.3 Å². The van der Waals surface area contributed by atoms with Crippen LogP contribution in [0.3, 0.4) is 0 Å². The Hall–Kier alpha value is -3.30. The number of rotatable bonds is 4. The van der Waals surface area contributed by atoms with E-state index in [1.54, 1.807) is 0 Å². The van der Waals surface area contributed by atoms with Crippen molar-refractivity contribution in [3.05, 3.63) is 53.7 Å². The van der Waals surface area contributed by atoms with Crippen molar-refractivity contribution in [3.8, 4) is 0 Å². The summed E-state index contributed by atoms with van der Waals surface area (Å²) in [6.45, 7) is 2.30. The van der Waals surface area contributed by atoms with Gasteiger partial charge in [0.2, 0.25) is 5.95 Å². The SMILES string of the molecule is CCNn1c(Nc2c[nH]c3cc(F)c(F)cc23)nc2cc(C(F)(F)F)ccc21. The maximum atomic E-state index is 13.6. The van der Waals surface area contributed by atoms with Gasteiger partial charge in [0, 0.05) is 24.2 Å². The molecule has 3 N–H and O–H groups in total. The fourth-order valence-electron chi connectivity index (χ4n) is 3.00. The van der Waals surface area contributed by atoms with Crippen LogP contribution in [0.2, 0.25) is 0 Å². The minimum Gasteiger partial charge on any atom is -0.359 e. The van der Waals surface area contributed by atoms with E-state index in [1.807, 2.05) is 6.92 Å². The third kappa shape index (κ3) is 3.00. The largest absolute Gasteiger partial charge is 0.416 e. The van der Waals surface area contributed by atoms with Gasteiger partial charge in [0.25, 0.3) is 0 Å².